The first kappa shape index (κ1) is 21.8. The van der Waals surface area contributed by atoms with E-state index in [0.717, 1.165) is 16.9 Å². The topological polar surface area (TPSA) is 56.1 Å². The van der Waals surface area contributed by atoms with Crippen molar-refractivity contribution in [1.82, 2.24) is 14.9 Å². The highest BCUT2D eigenvalue weighted by Gasteiger charge is 2.13. The second kappa shape index (κ2) is 10.3. The number of aryl methyl sites for hydroxylation is 1. The van der Waals surface area contributed by atoms with Gasteiger partial charge in [0.25, 0.3) is 5.91 Å². The first-order valence-electron chi connectivity index (χ1n) is 10.4. The van der Waals surface area contributed by atoms with Gasteiger partial charge in [-0.1, -0.05) is 41.9 Å². The summed E-state index contributed by atoms with van der Waals surface area (Å²) in [4.78, 5) is 16.8. The number of hydrogen-bond acceptors (Lipinski definition) is 3. The molecule has 0 radical (unpaired) electrons. The summed E-state index contributed by atoms with van der Waals surface area (Å²) >= 11 is 5.84. The molecule has 1 N–H and O–H groups in total. The zero-order chi connectivity index (χ0) is 22.3. The number of halogens is 2. The van der Waals surface area contributed by atoms with Crippen LogP contribution in [0.5, 0.6) is 5.75 Å². The van der Waals surface area contributed by atoms with Gasteiger partial charge in [0.05, 0.1) is 17.6 Å². The molecule has 32 heavy (non-hydrogen) atoms. The molecule has 1 aromatic heterocycles. The summed E-state index contributed by atoms with van der Waals surface area (Å²) in [6, 6.07) is 21.5. The lowest BCUT2D eigenvalue weighted by Gasteiger charge is -2.11. The molecule has 1 amide bonds. The maximum absolute atomic E-state index is 14.2. The minimum absolute atomic E-state index is 0.0621. The fraction of sp³-hybridized carbons (Fsp3) is 0.200. The maximum Gasteiger partial charge on any atom is 0.257 e. The van der Waals surface area contributed by atoms with Crippen LogP contribution in [0.1, 0.15) is 17.8 Å². The Morgan fingerprint density at radius 3 is 2.59 bits per heavy atom. The zero-order valence-electron chi connectivity index (χ0n) is 17.4. The standard InChI is InChI=1S/C25H23ClFN3O2/c26-19-11-13-20(14-12-19)32-17-25(31)28-15-5-10-24-29-22-8-3-4-9-23(22)30(24)16-18-6-1-2-7-21(18)27/h1-4,6-9,11-14H,5,10,15-17H2,(H,28,31). The molecule has 0 fully saturated rings. The Bertz CT molecular complexity index is 1210. The van der Waals surface area contributed by atoms with Gasteiger partial charge in [0.2, 0.25) is 0 Å². The van der Waals surface area contributed by atoms with Crippen LogP contribution >= 0.6 is 11.6 Å². The molecule has 0 saturated heterocycles. The lowest BCUT2D eigenvalue weighted by Crippen LogP contribution is -2.30. The van der Waals surface area contributed by atoms with E-state index in [4.69, 9.17) is 21.3 Å². The average Bonchev–Trinajstić information content (AvgIpc) is 3.15. The van der Waals surface area contributed by atoms with Gasteiger partial charge in [-0.3, -0.25) is 4.79 Å². The quantitative estimate of drug-likeness (QED) is 0.364. The van der Waals surface area contributed by atoms with Crippen LogP contribution in [0.15, 0.2) is 72.8 Å². The second-order valence-electron chi connectivity index (χ2n) is 7.39. The van der Waals surface area contributed by atoms with Crippen molar-refractivity contribution in [1.29, 1.82) is 0 Å². The van der Waals surface area contributed by atoms with E-state index in [2.05, 4.69) is 5.32 Å². The van der Waals surface area contributed by atoms with Gasteiger partial charge in [-0.15, -0.1) is 0 Å². The predicted octanol–water partition coefficient (Wildman–Crippen LogP) is 5.00. The molecule has 0 saturated carbocycles. The molecule has 4 rings (SSSR count). The third kappa shape index (κ3) is 5.45. The first-order valence-corrected chi connectivity index (χ1v) is 10.8. The number of nitrogens with zero attached hydrogens (tertiary/aromatic N) is 2. The number of carbonyl (C=O) groups is 1. The highest BCUT2D eigenvalue weighted by Crippen LogP contribution is 2.20. The largest absolute Gasteiger partial charge is 0.484 e. The van der Waals surface area contributed by atoms with E-state index in [0.29, 0.717) is 42.3 Å². The molecule has 0 atom stereocenters. The summed E-state index contributed by atoms with van der Waals surface area (Å²) in [6.45, 7) is 0.836. The summed E-state index contributed by atoms with van der Waals surface area (Å²) in [7, 11) is 0. The van der Waals surface area contributed by atoms with Crippen LogP contribution in [0, 0.1) is 5.82 Å². The predicted molar refractivity (Wildman–Crippen MR) is 124 cm³/mol. The van der Waals surface area contributed by atoms with E-state index in [1.165, 1.54) is 6.07 Å². The lowest BCUT2D eigenvalue weighted by atomic mass is 10.2. The number of rotatable bonds is 9. The smallest absolute Gasteiger partial charge is 0.257 e. The van der Waals surface area contributed by atoms with Gasteiger partial charge >= 0.3 is 0 Å². The van der Waals surface area contributed by atoms with Crippen molar-refractivity contribution in [3.63, 3.8) is 0 Å². The Kier molecular flexibility index (Phi) is 7.02. The van der Waals surface area contributed by atoms with Gasteiger partial charge in [-0.25, -0.2) is 9.37 Å². The van der Waals surface area contributed by atoms with Crippen molar-refractivity contribution in [2.75, 3.05) is 13.2 Å². The molecule has 0 aliphatic carbocycles. The van der Waals surface area contributed by atoms with E-state index in [1.807, 2.05) is 34.9 Å². The van der Waals surface area contributed by atoms with E-state index >= 15 is 0 Å². The minimum Gasteiger partial charge on any atom is -0.484 e. The number of para-hydroxylation sites is 2. The Hall–Kier alpha value is -3.38. The maximum atomic E-state index is 14.2. The molecule has 0 bridgehead atoms. The molecule has 0 spiro atoms. The number of hydrogen-bond donors (Lipinski definition) is 1. The Labute approximate surface area is 190 Å². The van der Waals surface area contributed by atoms with Crippen molar-refractivity contribution < 1.29 is 13.9 Å². The van der Waals surface area contributed by atoms with Gasteiger partial charge in [0.1, 0.15) is 17.4 Å². The third-order valence-corrected chi connectivity index (χ3v) is 5.35. The van der Waals surface area contributed by atoms with Crippen LogP contribution in [-0.2, 0) is 17.8 Å². The average molecular weight is 452 g/mol. The molecule has 1 heterocycles. The third-order valence-electron chi connectivity index (χ3n) is 5.10. The summed E-state index contributed by atoms with van der Waals surface area (Å²) in [5.41, 5.74) is 2.45. The highest BCUT2D eigenvalue weighted by atomic mass is 35.5. The number of aromatic nitrogens is 2. The Balaban J connectivity index is 1.34. The van der Waals surface area contributed by atoms with Gasteiger partial charge in [0, 0.05) is 23.6 Å². The molecule has 0 unspecified atom stereocenters. The summed E-state index contributed by atoms with van der Waals surface area (Å²) in [5, 5.41) is 3.47. The number of ether oxygens (including phenoxy) is 1. The van der Waals surface area contributed by atoms with E-state index in [1.54, 1.807) is 36.4 Å². The molecule has 5 nitrogen and oxygen atoms in total. The Morgan fingerprint density at radius 1 is 1.03 bits per heavy atom. The number of benzene rings is 3. The van der Waals surface area contributed by atoms with Gasteiger partial charge in [0.15, 0.2) is 6.61 Å². The molecule has 7 heteroatoms. The molecule has 4 aromatic rings. The first-order chi connectivity index (χ1) is 15.6. The Morgan fingerprint density at radius 2 is 1.78 bits per heavy atom. The number of amides is 1. The van der Waals surface area contributed by atoms with Crippen molar-refractivity contribution >= 4 is 28.5 Å². The number of fused-ring (bicyclic) bond motifs is 1. The van der Waals surface area contributed by atoms with Gasteiger partial charge in [-0.05, 0) is 48.9 Å². The van der Waals surface area contributed by atoms with Crippen LogP contribution < -0.4 is 10.1 Å². The molecule has 3 aromatic carbocycles. The van der Waals surface area contributed by atoms with Crippen LogP contribution in [0.3, 0.4) is 0 Å². The lowest BCUT2D eigenvalue weighted by molar-refractivity contribution is -0.123. The van der Waals surface area contributed by atoms with Gasteiger partial charge in [-0.2, -0.15) is 0 Å². The van der Waals surface area contributed by atoms with Crippen LogP contribution in [0.2, 0.25) is 5.02 Å². The second-order valence-corrected chi connectivity index (χ2v) is 7.83. The van der Waals surface area contributed by atoms with E-state index in [9.17, 15) is 9.18 Å². The minimum atomic E-state index is -0.232. The summed E-state index contributed by atoms with van der Waals surface area (Å²) in [6.07, 6.45) is 1.36. The van der Waals surface area contributed by atoms with Crippen LogP contribution in [-0.4, -0.2) is 28.6 Å². The molecular formula is C25H23ClFN3O2. The van der Waals surface area contributed by atoms with Crippen molar-refractivity contribution in [2.24, 2.45) is 0 Å². The number of imidazole rings is 1. The molecular weight excluding hydrogens is 429 g/mol. The van der Waals surface area contributed by atoms with Gasteiger partial charge < -0.3 is 14.6 Å². The van der Waals surface area contributed by atoms with Crippen LogP contribution in [0.25, 0.3) is 11.0 Å². The summed E-state index contributed by atoms with van der Waals surface area (Å²) in [5.74, 6) is 1.02. The van der Waals surface area contributed by atoms with Crippen LogP contribution in [0.4, 0.5) is 4.39 Å². The number of carbonyl (C=O) groups excluding carboxylic acids is 1. The van der Waals surface area contributed by atoms with E-state index in [-0.39, 0.29) is 18.3 Å². The molecule has 0 aliphatic heterocycles. The van der Waals surface area contributed by atoms with Crippen molar-refractivity contribution in [3.8, 4) is 5.75 Å². The van der Waals surface area contributed by atoms with E-state index < -0.39 is 0 Å². The SMILES string of the molecule is O=C(COc1ccc(Cl)cc1)NCCCc1nc2ccccc2n1Cc1ccccc1F. The van der Waals surface area contributed by atoms with Crippen molar-refractivity contribution in [3.05, 3.63) is 95.0 Å². The highest BCUT2D eigenvalue weighted by molar-refractivity contribution is 6.30. The molecule has 0 aliphatic rings. The fourth-order valence-electron chi connectivity index (χ4n) is 3.49. The zero-order valence-corrected chi connectivity index (χ0v) is 18.2. The summed E-state index contributed by atoms with van der Waals surface area (Å²) < 4.78 is 21.7. The fourth-order valence-corrected chi connectivity index (χ4v) is 3.62. The molecule has 164 valence electrons. The normalized spacial score (nSPS) is 10.9. The number of nitrogens with one attached hydrogen (secondary N) is 1. The monoisotopic (exact) mass is 451 g/mol. The van der Waals surface area contributed by atoms with Crippen molar-refractivity contribution in [2.45, 2.75) is 19.4 Å².